The number of amides is 1. The van der Waals surface area contributed by atoms with Crippen molar-refractivity contribution in [2.24, 2.45) is 0 Å². The summed E-state index contributed by atoms with van der Waals surface area (Å²) in [4.78, 5) is 22.1. The molecule has 0 spiro atoms. The maximum atomic E-state index is 11.3. The monoisotopic (exact) mass is 227 g/mol. The van der Waals surface area contributed by atoms with Crippen LogP contribution in [0.1, 0.15) is 28.9 Å². The van der Waals surface area contributed by atoms with Crippen molar-refractivity contribution in [3.05, 3.63) is 11.3 Å². The highest BCUT2D eigenvalue weighted by molar-refractivity contribution is 6.00. The minimum absolute atomic E-state index is 0.00735. The summed E-state index contributed by atoms with van der Waals surface area (Å²) in [7, 11) is 0. The maximum Gasteiger partial charge on any atom is 0.341 e. The zero-order valence-corrected chi connectivity index (χ0v) is 8.78. The van der Waals surface area contributed by atoms with Crippen molar-refractivity contribution in [2.75, 3.05) is 11.9 Å². The number of hydrogen-bond donors (Lipinski definition) is 4. The number of aromatic amines is 1. The van der Waals surface area contributed by atoms with Crippen LogP contribution in [-0.2, 0) is 4.79 Å². The van der Waals surface area contributed by atoms with Crippen LogP contribution in [0.4, 0.5) is 5.82 Å². The standard InChI is InChI=1S/C9H13N3O4/c1-5-7(9(15)16)8(12-11-5)10-6(14)3-2-4-13/h13H,2-4H2,1H3,(H,15,16)(H2,10,11,12,14). The van der Waals surface area contributed by atoms with Gasteiger partial charge in [-0.15, -0.1) is 0 Å². The number of aromatic carboxylic acids is 1. The van der Waals surface area contributed by atoms with Crippen LogP contribution in [0.2, 0.25) is 0 Å². The van der Waals surface area contributed by atoms with Crippen LogP contribution < -0.4 is 5.32 Å². The van der Waals surface area contributed by atoms with E-state index in [-0.39, 0.29) is 30.3 Å². The van der Waals surface area contributed by atoms with Crippen LogP contribution in [0, 0.1) is 6.92 Å². The van der Waals surface area contributed by atoms with Crippen molar-refractivity contribution in [2.45, 2.75) is 19.8 Å². The smallest absolute Gasteiger partial charge is 0.341 e. The molecule has 7 heteroatoms. The molecule has 1 aromatic heterocycles. The molecule has 88 valence electrons. The van der Waals surface area contributed by atoms with Crippen LogP contribution in [0.5, 0.6) is 0 Å². The number of aromatic nitrogens is 2. The van der Waals surface area contributed by atoms with Crippen LogP contribution in [0.25, 0.3) is 0 Å². The predicted octanol–water partition coefficient (Wildman–Crippen LogP) is 0.127. The molecule has 0 fully saturated rings. The van der Waals surface area contributed by atoms with Crippen molar-refractivity contribution in [3.8, 4) is 0 Å². The molecule has 1 amide bonds. The highest BCUT2D eigenvalue weighted by atomic mass is 16.4. The maximum absolute atomic E-state index is 11.3. The van der Waals surface area contributed by atoms with Gasteiger partial charge in [0.15, 0.2) is 5.82 Å². The lowest BCUT2D eigenvalue weighted by Gasteiger charge is -2.02. The van der Waals surface area contributed by atoms with E-state index >= 15 is 0 Å². The van der Waals surface area contributed by atoms with Gasteiger partial charge in [0.1, 0.15) is 5.56 Å². The third-order valence-corrected chi connectivity index (χ3v) is 1.98. The molecule has 4 N–H and O–H groups in total. The molecule has 0 aliphatic carbocycles. The van der Waals surface area contributed by atoms with Gasteiger partial charge in [-0.3, -0.25) is 9.89 Å². The quantitative estimate of drug-likeness (QED) is 0.570. The number of carbonyl (C=O) groups is 2. The number of aliphatic hydroxyl groups excluding tert-OH is 1. The van der Waals surface area contributed by atoms with Crippen molar-refractivity contribution < 1.29 is 19.8 Å². The number of aliphatic hydroxyl groups is 1. The van der Waals surface area contributed by atoms with Crippen molar-refractivity contribution in [3.63, 3.8) is 0 Å². The average Bonchev–Trinajstić information content (AvgIpc) is 2.56. The Morgan fingerprint density at radius 1 is 1.50 bits per heavy atom. The summed E-state index contributed by atoms with van der Waals surface area (Å²) in [5.74, 6) is -1.51. The van der Waals surface area contributed by atoms with Gasteiger partial charge >= 0.3 is 5.97 Å². The fraction of sp³-hybridized carbons (Fsp3) is 0.444. The van der Waals surface area contributed by atoms with E-state index in [0.717, 1.165) is 0 Å². The normalized spacial score (nSPS) is 10.1. The average molecular weight is 227 g/mol. The third kappa shape index (κ3) is 2.80. The summed E-state index contributed by atoms with van der Waals surface area (Å²) in [6.07, 6.45) is 0.457. The van der Waals surface area contributed by atoms with Gasteiger partial charge in [0.25, 0.3) is 0 Å². The molecule has 0 saturated heterocycles. The molecule has 0 aliphatic rings. The van der Waals surface area contributed by atoms with Crippen molar-refractivity contribution >= 4 is 17.7 Å². The molecule has 0 aliphatic heterocycles. The number of carboxylic acid groups (broad SMARTS) is 1. The van der Waals surface area contributed by atoms with Gasteiger partial charge in [-0.2, -0.15) is 5.10 Å². The number of rotatable bonds is 5. The molecule has 0 radical (unpaired) electrons. The molecule has 1 rings (SSSR count). The van der Waals surface area contributed by atoms with E-state index in [1.54, 1.807) is 6.92 Å². The molecular formula is C9H13N3O4. The van der Waals surface area contributed by atoms with Crippen LogP contribution in [0.15, 0.2) is 0 Å². The lowest BCUT2D eigenvalue weighted by atomic mass is 10.2. The minimum atomic E-state index is -1.15. The van der Waals surface area contributed by atoms with E-state index < -0.39 is 5.97 Å². The van der Waals surface area contributed by atoms with E-state index in [1.165, 1.54) is 0 Å². The number of hydrogen-bond acceptors (Lipinski definition) is 4. The SMILES string of the molecule is Cc1[nH]nc(NC(=O)CCCO)c1C(=O)O. The summed E-state index contributed by atoms with van der Waals surface area (Å²) in [5, 5.41) is 25.9. The number of anilines is 1. The second-order valence-corrected chi connectivity index (χ2v) is 3.25. The Bertz CT molecular complexity index is 399. The zero-order valence-electron chi connectivity index (χ0n) is 8.78. The molecule has 0 unspecified atom stereocenters. The van der Waals surface area contributed by atoms with Crippen molar-refractivity contribution in [1.29, 1.82) is 0 Å². The summed E-state index contributed by atoms with van der Waals surface area (Å²) < 4.78 is 0. The molecule has 0 bridgehead atoms. The molecule has 7 nitrogen and oxygen atoms in total. The second kappa shape index (κ2) is 5.26. The van der Waals surface area contributed by atoms with Gasteiger partial charge in [0.2, 0.25) is 5.91 Å². The highest BCUT2D eigenvalue weighted by Gasteiger charge is 2.18. The van der Waals surface area contributed by atoms with Gasteiger partial charge in [0.05, 0.1) is 0 Å². The lowest BCUT2D eigenvalue weighted by molar-refractivity contribution is -0.116. The summed E-state index contributed by atoms with van der Waals surface area (Å²) in [5.41, 5.74) is 0.335. The molecule has 1 heterocycles. The lowest BCUT2D eigenvalue weighted by Crippen LogP contribution is -2.14. The molecule has 0 aromatic carbocycles. The Morgan fingerprint density at radius 2 is 2.19 bits per heavy atom. The number of H-pyrrole nitrogens is 1. The van der Waals surface area contributed by atoms with Gasteiger partial charge in [-0.25, -0.2) is 4.79 Å². The van der Waals surface area contributed by atoms with Gasteiger partial charge < -0.3 is 15.5 Å². The Hall–Kier alpha value is -1.89. The first-order chi connectivity index (χ1) is 7.56. The van der Waals surface area contributed by atoms with E-state index in [9.17, 15) is 9.59 Å². The third-order valence-electron chi connectivity index (χ3n) is 1.98. The summed E-state index contributed by atoms with van der Waals surface area (Å²) in [6.45, 7) is 1.47. The Kier molecular flexibility index (Phi) is 4.01. The fourth-order valence-corrected chi connectivity index (χ4v) is 1.22. The molecule has 0 saturated carbocycles. The second-order valence-electron chi connectivity index (χ2n) is 3.25. The fourth-order valence-electron chi connectivity index (χ4n) is 1.22. The first-order valence-electron chi connectivity index (χ1n) is 4.75. The van der Waals surface area contributed by atoms with E-state index in [2.05, 4.69) is 15.5 Å². The van der Waals surface area contributed by atoms with E-state index in [0.29, 0.717) is 12.1 Å². The number of nitrogens with zero attached hydrogens (tertiary/aromatic N) is 1. The van der Waals surface area contributed by atoms with Crippen LogP contribution in [0.3, 0.4) is 0 Å². The number of carbonyl (C=O) groups excluding carboxylic acids is 1. The predicted molar refractivity (Wildman–Crippen MR) is 55.2 cm³/mol. The first-order valence-corrected chi connectivity index (χ1v) is 4.75. The zero-order chi connectivity index (χ0) is 12.1. The number of aryl methyl sites for hydroxylation is 1. The summed E-state index contributed by atoms with van der Waals surface area (Å²) in [6, 6.07) is 0. The largest absolute Gasteiger partial charge is 0.477 e. The highest BCUT2D eigenvalue weighted by Crippen LogP contribution is 2.15. The van der Waals surface area contributed by atoms with Gasteiger partial charge in [-0.1, -0.05) is 0 Å². The molecule has 0 atom stereocenters. The number of carboxylic acids is 1. The Morgan fingerprint density at radius 3 is 2.75 bits per heavy atom. The topological polar surface area (TPSA) is 115 Å². The minimum Gasteiger partial charge on any atom is -0.477 e. The Balaban J connectivity index is 2.74. The molecule has 16 heavy (non-hydrogen) atoms. The first kappa shape index (κ1) is 12.2. The van der Waals surface area contributed by atoms with Gasteiger partial charge in [-0.05, 0) is 13.3 Å². The van der Waals surface area contributed by atoms with Crippen molar-refractivity contribution in [1.82, 2.24) is 10.2 Å². The van der Waals surface area contributed by atoms with E-state index in [1.807, 2.05) is 0 Å². The molecular weight excluding hydrogens is 214 g/mol. The Labute approximate surface area is 91.5 Å². The summed E-state index contributed by atoms with van der Waals surface area (Å²) >= 11 is 0. The van der Waals surface area contributed by atoms with Crippen LogP contribution >= 0.6 is 0 Å². The van der Waals surface area contributed by atoms with Crippen LogP contribution in [-0.4, -0.2) is 38.9 Å². The molecule has 1 aromatic rings. The van der Waals surface area contributed by atoms with Gasteiger partial charge in [0, 0.05) is 18.7 Å². The number of nitrogens with one attached hydrogen (secondary N) is 2. The van der Waals surface area contributed by atoms with E-state index in [4.69, 9.17) is 10.2 Å².